The van der Waals surface area contributed by atoms with E-state index in [0.29, 0.717) is 18.9 Å². The summed E-state index contributed by atoms with van der Waals surface area (Å²) in [6, 6.07) is 4.83. The average Bonchev–Trinajstić information content (AvgIpc) is 3.28. The Labute approximate surface area is 150 Å². The number of hydrogen-bond acceptors (Lipinski definition) is 7. The van der Waals surface area contributed by atoms with Crippen LogP contribution in [0.5, 0.6) is 0 Å². The van der Waals surface area contributed by atoms with E-state index in [-0.39, 0.29) is 22.4 Å². The number of methoxy groups -OCH3 is 1. The molecule has 9 nitrogen and oxygen atoms in total. The van der Waals surface area contributed by atoms with Crippen LogP contribution in [0, 0.1) is 5.92 Å². The van der Waals surface area contributed by atoms with Gasteiger partial charge < -0.3 is 9.47 Å². The highest BCUT2D eigenvalue weighted by atomic mass is 35.5. The number of nitrogens with zero attached hydrogens (tertiary/aromatic N) is 4. The number of halogens is 1. The first-order chi connectivity index (χ1) is 12.0. The summed E-state index contributed by atoms with van der Waals surface area (Å²) in [4.78, 5) is 0. The molecule has 136 valence electrons. The van der Waals surface area contributed by atoms with Crippen LogP contribution in [0.2, 0.25) is 5.02 Å². The molecule has 1 aromatic carbocycles. The van der Waals surface area contributed by atoms with E-state index in [2.05, 4.69) is 20.2 Å². The molecule has 0 spiro atoms. The van der Waals surface area contributed by atoms with Gasteiger partial charge in [-0.1, -0.05) is 11.6 Å². The van der Waals surface area contributed by atoms with Crippen LogP contribution in [0.3, 0.4) is 0 Å². The first-order valence-electron chi connectivity index (χ1n) is 7.62. The number of sulfonamides is 1. The van der Waals surface area contributed by atoms with Crippen molar-refractivity contribution in [3.8, 4) is 5.69 Å². The van der Waals surface area contributed by atoms with Crippen molar-refractivity contribution in [1.29, 1.82) is 0 Å². The molecule has 0 amide bonds. The lowest BCUT2D eigenvalue weighted by Gasteiger charge is -2.21. The summed E-state index contributed by atoms with van der Waals surface area (Å²) in [5.41, 5.74) is 0.840. The molecule has 1 fully saturated rings. The maximum atomic E-state index is 12.5. The fourth-order valence-corrected chi connectivity index (χ4v) is 4.33. The van der Waals surface area contributed by atoms with Gasteiger partial charge in [0.05, 0.1) is 34.9 Å². The van der Waals surface area contributed by atoms with Gasteiger partial charge in [0.15, 0.2) is 0 Å². The van der Waals surface area contributed by atoms with Gasteiger partial charge in [-0.05, 0) is 35.0 Å². The van der Waals surface area contributed by atoms with Crippen molar-refractivity contribution < 1.29 is 17.9 Å². The quantitative estimate of drug-likeness (QED) is 0.757. The number of nitrogens with one attached hydrogen (secondary N) is 1. The molecule has 1 saturated heterocycles. The predicted molar refractivity (Wildman–Crippen MR) is 91.3 cm³/mol. The number of hydrogen-bond donors (Lipinski definition) is 1. The zero-order chi connectivity index (χ0) is 17.9. The van der Waals surface area contributed by atoms with E-state index in [4.69, 9.17) is 21.1 Å². The Morgan fingerprint density at radius 1 is 1.52 bits per heavy atom. The van der Waals surface area contributed by atoms with Crippen molar-refractivity contribution in [3.05, 3.63) is 29.5 Å². The van der Waals surface area contributed by atoms with Gasteiger partial charge in [0.1, 0.15) is 6.33 Å². The Bertz CT molecular complexity index is 809. The molecular formula is C14H18ClN5O4S. The van der Waals surface area contributed by atoms with Crippen molar-refractivity contribution in [2.45, 2.75) is 12.5 Å². The maximum Gasteiger partial charge on any atom is 0.235 e. The van der Waals surface area contributed by atoms with E-state index < -0.39 is 16.1 Å². The molecule has 1 aliphatic rings. The summed E-state index contributed by atoms with van der Waals surface area (Å²) in [6.45, 7) is 1.13. The zero-order valence-electron chi connectivity index (χ0n) is 13.5. The third kappa shape index (κ3) is 4.46. The Morgan fingerprint density at radius 3 is 3.00 bits per heavy atom. The molecule has 3 rings (SSSR count). The Kier molecular flexibility index (Phi) is 5.52. The number of benzene rings is 1. The van der Waals surface area contributed by atoms with E-state index in [1.165, 1.54) is 18.1 Å². The smallest absolute Gasteiger partial charge is 0.235 e. The summed E-state index contributed by atoms with van der Waals surface area (Å²) in [5, 5.41) is 11.1. The molecule has 1 aromatic heterocycles. The molecule has 0 bridgehead atoms. The average molecular weight is 388 g/mol. The molecule has 2 aromatic rings. The SMILES string of the molecule is COC(CS(=O)(=O)Nc1cc(-n2cnnn2)ccc1Cl)C1CCOC1. The second-order valence-electron chi connectivity index (χ2n) is 5.70. The normalized spacial score (nSPS) is 19.0. The highest BCUT2D eigenvalue weighted by Crippen LogP contribution is 2.27. The summed E-state index contributed by atoms with van der Waals surface area (Å²) in [7, 11) is -2.16. The molecular weight excluding hydrogens is 370 g/mol. The van der Waals surface area contributed by atoms with Gasteiger partial charge in [-0.2, -0.15) is 0 Å². The Morgan fingerprint density at radius 2 is 2.36 bits per heavy atom. The number of aromatic nitrogens is 4. The van der Waals surface area contributed by atoms with E-state index in [0.717, 1.165) is 6.42 Å². The van der Waals surface area contributed by atoms with E-state index in [1.54, 1.807) is 18.2 Å². The molecule has 2 atom stereocenters. The topological polar surface area (TPSA) is 108 Å². The zero-order valence-corrected chi connectivity index (χ0v) is 15.1. The van der Waals surface area contributed by atoms with Gasteiger partial charge in [-0.25, -0.2) is 13.1 Å². The molecule has 0 aliphatic carbocycles. The lowest BCUT2D eigenvalue weighted by molar-refractivity contribution is 0.0612. The second-order valence-corrected chi connectivity index (χ2v) is 7.87. The van der Waals surface area contributed by atoms with E-state index >= 15 is 0 Å². The standard InChI is InChI=1S/C14H18ClN5O4S/c1-23-14(10-4-5-24-7-10)8-25(21,22)17-13-6-11(2-3-12(13)15)20-9-16-18-19-20/h2-3,6,9-10,14,17H,4-5,7-8H2,1H3. The lowest BCUT2D eigenvalue weighted by Crippen LogP contribution is -2.34. The lowest BCUT2D eigenvalue weighted by atomic mass is 10.0. The van der Waals surface area contributed by atoms with Crippen LogP contribution in [0.4, 0.5) is 5.69 Å². The van der Waals surface area contributed by atoms with Crippen molar-refractivity contribution in [3.63, 3.8) is 0 Å². The molecule has 1 N–H and O–H groups in total. The van der Waals surface area contributed by atoms with Crippen LogP contribution in [-0.2, 0) is 19.5 Å². The van der Waals surface area contributed by atoms with Crippen LogP contribution < -0.4 is 4.72 Å². The fourth-order valence-electron chi connectivity index (χ4n) is 2.68. The van der Waals surface area contributed by atoms with Crippen LogP contribution in [0.1, 0.15) is 6.42 Å². The van der Waals surface area contributed by atoms with Crippen molar-refractivity contribution in [1.82, 2.24) is 20.2 Å². The minimum absolute atomic E-state index is 0.0598. The Hall–Kier alpha value is -1.75. The number of rotatable bonds is 7. The summed E-state index contributed by atoms with van der Waals surface area (Å²) >= 11 is 6.12. The molecule has 2 unspecified atom stereocenters. The Balaban J connectivity index is 1.77. The molecule has 0 radical (unpaired) electrons. The largest absolute Gasteiger partial charge is 0.381 e. The fraction of sp³-hybridized carbons (Fsp3) is 0.500. The van der Waals surface area contributed by atoms with Gasteiger partial charge in [-0.15, -0.1) is 5.10 Å². The predicted octanol–water partition coefficient (Wildman–Crippen LogP) is 1.11. The highest BCUT2D eigenvalue weighted by molar-refractivity contribution is 7.92. The van der Waals surface area contributed by atoms with Gasteiger partial charge >= 0.3 is 0 Å². The molecule has 1 aliphatic heterocycles. The summed E-state index contributed by atoms with van der Waals surface area (Å²) in [6.07, 6.45) is 1.74. The summed E-state index contributed by atoms with van der Waals surface area (Å²) in [5.74, 6) is -0.118. The van der Waals surface area contributed by atoms with E-state index in [1.807, 2.05) is 0 Å². The minimum atomic E-state index is -3.67. The van der Waals surface area contributed by atoms with Crippen molar-refractivity contribution >= 4 is 27.3 Å². The molecule has 2 heterocycles. The number of tetrazole rings is 1. The summed E-state index contributed by atoms with van der Waals surface area (Å²) < 4.78 is 39.7. The molecule has 25 heavy (non-hydrogen) atoms. The number of ether oxygens (including phenoxy) is 2. The maximum absolute atomic E-state index is 12.5. The van der Waals surface area contributed by atoms with Crippen LogP contribution in [-0.4, -0.2) is 60.8 Å². The minimum Gasteiger partial charge on any atom is -0.381 e. The first-order valence-corrected chi connectivity index (χ1v) is 9.65. The highest BCUT2D eigenvalue weighted by Gasteiger charge is 2.30. The van der Waals surface area contributed by atoms with Gasteiger partial charge in [-0.3, -0.25) is 4.72 Å². The number of anilines is 1. The van der Waals surface area contributed by atoms with Gasteiger partial charge in [0, 0.05) is 19.6 Å². The second kappa shape index (κ2) is 7.65. The first kappa shape index (κ1) is 18.1. The van der Waals surface area contributed by atoms with Crippen molar-refractivity contribution in [2.24, 2.45) is 5.92 Å². The monoisotopic (exact) mass is 387 g/mol. The van der Waals surface area contributed by atoms with E-state index in [9.17, 15) is 8.42 Å². The van der Waals surface area contributed by atoms with Gasteiger partial charge in [0.25, 0.3) is 0 Å². The van der Waals surface area contributed by atoms with Crippen LogP contribution in [0.25, 0.3) is 5.69 Å². The molecule has 0 saturated carbocycles. The third-order valence-corrected chi connectivity index (χ3v) is 5.63. The molecule has 11 heteroatoms. The third-order valence-electron chi connectivity index (χ3n) is 4.01. The van der Waals surface area contributed by atoms with Crippen molar-refractivity contribution in [2.75, 3.05) is 30.8 Å². The van der Waals surface area contributed by atoms with Crippen LogP contribution >= 0.6 is 11.6 Å². The van der Waals surface area contributed by atoms with Gasteiger partial charge in [0.2, 0.25) is 10.0 Å². The van der Waals surface area contributed by atoms with Crippen LogP contribution in [0.15, 0.2) is 24.5 Å².